The van der Waals surface area contributed by atoms with E-state index in [4.69, 9.17) is 11.6 Å². The summed E-state index contributed by atoms with van der Waals surface area (Å²) in [5, 5.41) is 14.6. The third-order valence-electron chi connectivity index (χ3n) is 4.51. The fraction of sp³-hybridized carbons (Fsp3) is 0.0400. The van der Waals surface area contributed by atoms with E-state index in [0.29, 0.717) is 16.3 Å². The summed E-state index contributed by atoms with van der Waals surface area (Å²) in [6.45, 7) is 0. The van der Waals surface area contributed by atoms with Gasteiger partial charge in [0.1, 0.15) is 0 Å². The first-order valence-corrected chi connectivity index (χ1v) is 9.70. The molecule has 1 heterocycles. The molecule has 0 aliphatic rings. The monoisotopic (exact) mass is 412 g/mol. The van der Waals surface area contributed by atoms with Crippen LogP contribution in [0.5, 0.6) is 0 Å². The maximum atomic E-state index is 11.3. The minimum absolute atomic E-state index is 0.0969. The van der Waals surface area contributed by atoms with E-state index in [1.807, 2.05) is 78.9 Å². The van der Waals surface area contributed by atoms with E-state index in [-0.39, 0.29) is 6.42 Å². The molecule has 3 aromatic carbocycles. The molecule has 0 atom stereocenters. The lowest BCUT2D eigenvalue weighted by Crippen LogP contribution is -2.00. The number of para-hydroxylation sites is 1. The van der Waals surface area contributed by atoms with Crippen molar-refractivity contribution in [1.82, 2.24) is 9.78 Å². The van der Waals surface area contributed by atoms with Gasteiger partial charge in [-0.05, 0) is 48.5 Å². The van der Waals surface area contributed by atoms with Crippen LogP contribution in [0.25, 0.3) is 16.9 Å². The van der Waals surface area contributed by atoms with E-state index in [1.165, 1.54) is 0 Å². The van der Waals surface area contributed by atoms with E-state index in [2.05, 4.69) is 16.9 Å². The summed E-state index contributed by atoms with van der Waals surface area (Å²) < 4.78 is 1.71. The van der Waals surface area contributed by atoms with Gasteiger partial charge in [-0.2, -0.15) is 5.10 Å². The van der Waals surface area contributed by atoms with Crippen LogP contribution < -0.4 is 0 Å². The van der Waals surface area contributed by atoms with Crippen molar-refractivity contribution in [2.75, 3.05) is 0 Å². The number of hydrogen-bond donors (Lipinski definition) is 1. The first-order valence-electron chi connectivity index (χ1n) is 9.32. The van der Waals surface area contributed by atoms with E-state index in [1.54, 1.807) is 10.9 Å². The third-order valence-corrected chi connectivity index (χ3v) is 4.76. The molecule has 0 saturated heterocycles. The lowest BCUT2D eigenvalue weighted by molar-refractivity contribution is -0.136. The summed E-state index contributed by atoms with van der Waals surface area (Å²) in [5.41, 5.74) is 4.77. The molecule has 146 valence electrons. The van der Waals surface area contributed by atoms with Gasteiger partial charge in [-0.15, -0.1) is 0 Å². The second-order valence-corrected chi connectivity index (χ2v) is 7.12. The third kappa shape index (κ3) is 4.60. The van der Waals surface area contributed by atoms with Crippen molar-refractivity contribution in [3.8, 4) is 28.8 Å². The Morgan fingerprint density at radius 3 is 2.10 bits per heavy atom. The van der Waals surface area contributed by atoms with Gasteiger partial charge in [0.05, 0.1) is 17.8 Å². The Hall–Kier alpha value is -3.81. The van der Waals surface area contributed by atoms with Crippen LogP contribution in [0, 0.1) is 11.8 Å². The molecule has 0 spiro atoms. The number of carboxylic acids is 1. The summed E-state index contributed by atoms with van der Waals surface area (Å²) >= 11 is 5.90. The maximum absolute atomic E-state index is 11.3. The van der Waals surface area contributed by atoms with Gasteiger partial charge < -0.3 is 5.11 Å². The largest absolute Gasteiger partial charge is 0.481 e. The fourth-order valence-corrected chi connectivity index (χ4v) is 3.17. The van der Waals surface area contributed by atoms with E-state index in [0.717, 1.165) is 22.4 Å². The van der Waals surface area contributed by atoms with Crippen LogP contribution in [0.15, 0.2) is 85.1 Å². The highest BCUT2D eigenvalue weighted by atomic mass is 35.5. The summed E-state index contributed by atoms with van der Waals surface area (Å²) in [7, 11) is 0. The van der Waals surface area contributed by atoms with Gasteiger partial charge in [0.15, 0.2) is 0 Å². The van der Waals surface area contributed by atoms with Crippen molar-refractivity contribution in [3.05, 3.63) is 107 Å². The summed E-state index contributed by atoms with van der Waals surface area (Å²) in [5.74, 6) is 5.33. The molecule has 0 aliphatic heterocycles. The van der Waals surface area contributed by atoms with Crippen molar-refractivity contribution < 1.29 is 9.90 Å². The van der Waals surface area contributed by atoms with Crippen molar-refractivity contribution in [2.24, 2.45) is 0 Å². The predicted molar refractivity (Wildman–Crippen MR) is 118 cm³/mol. The van der Waals surface area contributed by atoms with Crippen LogP contribution in [-0.4, -0.2) is 20.9 Å². The molecule has 1 aromatic heterocycles. The minimum Gasteiger partial charge on any atom is -0.481 e. The number of carbonyl (C=O) groups is 1. The zero-order valence-electron chi connectivity index (χ0n) is 15.9. The molecule has 4 rings (SSSR count). The zero-order valence-corrected chi connectivity index (χ0v) is 16.7. The standard InChI is InChI=1S/C25H17ClN2O2/c26-22-14-10-19(11-15-22)7-6-18-8-12-20(13-9-18)25-21(16-24(29)30)17-28(27-25)23-4-2-1-3-5-23/h1-5,8-15,17H,16H2,(H,29,30). The molecule has 4 nitrogen and oxygen atoms in total. The van der Waals surface area contributed by atoms with Gasteiger partial charge in [-0.25, -0.2) is 4.68 Å². The van der Waals surface area contributed by atoms with Gasteiger partial charge in [0.25, 0.3) is 0 Å². The number of carboxylic acid groups (broad SMARTS) is 1. The Labute approximate surface area is 179 Å². The van der Waals surface area contributed by atoms with Crippen LogP contribution in [0.2, 0.25) is 5.02 Å². The topological polar surface area (TPSA) is 55.1 Å². The predicted octanol–water partition coefficient (Wildman–Crippen LogP) is 5.22. The molecular formula is C25H17ClN2O2. The Bertz CT molecular complexity index is 1230. The van der Waals surface area contributed by atoms with Gasteiger partial charge in [0, 0.05) is 33.5 Å². The Morgan fingerprint density at radius 1 is 0.900 bits per heavy atom. The van der Waals surface area contributed by atoms with E-state index >= 15 is 0 Å². The SMILES string of the molecule is O=C(O)Cc1cn(-c2ccccc2)nc1-c1ccc(C#Cc2ccc(Cl)cc2)cc1. The quantitative estimate of drug-likeness (QED) is 0.467. The molecule has 0 aliphatic carbocycles. The molecule has 0 saturated carbocycles. The first-order chi connectivity index (χ1) is 14.6. The lowest BCUT2D eigenvalue weighted by Gasteiger charge is -2.01. The molecule has 1 N–H and O–H groups in total. The number of benzene rings is 3. The molecule has 0 unspecified atom stereocenters. The lowest BCUT2D eigenvalue weighted by atomic mass is 10.0. The number of aromatic nitrogens is 2. The molecular weight excluding hydrogens is 396 g/mol. The normalized spacial score (nSPS) is 10.3. The van der Waals surface area contributed by atoms with E-state index in [9.17, 15) is 9.90 Å². The smallest absolute Gasteiger partial charge is 0.307 e. The Balaban J connectivity index is 1.64. The van der Waals surface area contributed by atoms with Crippen molar-refractivity contribution in [1.29, 1.82) is 0 Å². The van der Waals surface area contributed by atoms with Crippen LogP contribution in [-0.2, 0) is 11.2 Å². The minimum atomic E-state index is -0.894. The van der Waals surface area contributed by atoms with Crippen LogP contribution in [0.3, 0.4) is 0 Å². The highest BCUT2D eigenvalue weighted by Gasteiger charge is 2.15. The first kappa shape index (κ1) is 19.5. The second-order valence-electron chi connectivity index (χ2n) is 6.69. The highest BCUT2D eigenvalue weighted by molar-refractivity contribution is 6.30. The summed E-state index contributed by atoms with van der Waals surface area (Å²) in [6, 6.07) is 24.6. The number of aliphatic carboxylic acids is 1. The Morgan fingerprint density at radius 2 is 1.50 bits per heavy atom. The molecule has 0 amide bonds. The van der Waals surface area contributed by atoms with E-state index < -0.39 is 5.97 Å². The van der Waals surface area contributed by atoms with Gasteiger partial charge >= 0.3 is 5.97 Å². The summed E-state index contributed by atoms with van der Waals surface area (Å²) in [6.07, 6.45) is 1.67. The van der Waals surface area contributed by atoms with Crippen LogP contribution in [0.1, 0.15) is 16.7 Å². The van der Waals surface area contributed by atoms with Gasteiger partial charge in [-0.3, -0.25) is 4.79 Å². The molecule has 0 fully saturated rings. The highest BCUT2D eigenvalue weighted by Crippen LogP contribution is 2.24. The molecule has 5 heteroatoms. The fourth-order valence-electron chi connectivity index (χ4n) is 3.05. The van der Waals surface area contributed by atoms with Crippen molar-refractivity contribution in [3.63, 3.8) is 0 Å². The molecule has 0 bridgehead atoms. The number of rotatable bonds is 4. The second kappa shape index (κ2) is 8.69. The molecule has 0 radical (unpaired) electrons. The molecule has 4 aromatic rings. The number of hydrogen-bond acceptors (Lipinski definition) is 2. The Kier molecular flexibility index (Phi) is 5.65. The van der Waals surface area contributed by atoms with Gasteiger partial charge in [-0.1, -0.05) is 53.8 Å². The van der Waals surface area contributed by atoms with Crippen molar-refractivity contribution in [2.45, 2.75) is 6.42 Å². The number of halogens is 1. The van der Waals surface area contributed by atoms with Crippen molar-refractivity contribution >= 4 is 17.6 Å². The summed E-state index contributed by atoms with van der Waals surface area (Å²) in [4.78, 5) is 11.3. The molecule has 30 heavy (non-hydrogen) atoms. The number of nitrogens with zero attached hydrogens (tertiary/aromatic N) is 2. The maximum Gasteiger partial charge on any atom is 0.307 e. The average Bonchev–Trinajstić information content (AvgIpc) is 3.17. The zero-order chi connectivity index (χ0) is 20.9. The van der Waals surface area contributed by atoms with Crippen LogP contribution >= 0.6 is 11.6 Å². The van der Waals surface area contributed by atoms with Gasteiger partial charge in [0.2, 0.25) is 0 Å². The van der Waals surface area contributed by atoms with Crippen LogP contribution in [0.4, 0.5) is 0 Å². The average molecular weight is 413 g/mol.